The van der Waals surface area contributed by atoms with Crippen LogP contribution in [0.25, 0.3) is 11.0 Å². The summed E-state index contributed by atoms with van der Waals surface area (Å²) < 4.78 is 19.3. The van der Waals surface area contributed by atoms with Gasteiger partial charge in [0.25, 0.3) is 0 Å². The molecule has 150 valence electrons. The Labute approximate surface area is 177 Å². The van der Waals surface area contributed by atoms with Crippen LogP contribution in [-0.2, 0) is 6.54 Å². The number of aryl methyl sites for hydroxylation is 1. The molecule has 0 aliphatic carbocycles. The number of furan rings is 1. The lowest BCUT2D eigenvalue weighted by Gasteiger charge is -2.21. The van der Waals surface area contributed by atoms with Crippen molar-refractivity contribution in [3.05, 3.63) is 35.3 Å². The van der Waals surface area contributed by atoms with E-state index in [0.29, 0.717) is 30.1 Å². The second kappa shape index (κ2) is 9.23. The zero-order valence-corrected chi connectivity index (χ0v) is 19.0. The molecule has 2 heterocycles. The summed E-state index contributed by atoms with van der Waals surface area (Å²) in [4.78, 5) is 6.82. The van der Waals surface area contributed by atoms with E-state index in [9.17, 15) is 4.39 Å². The van der Waals surface area contributed by atoms with E-state index < -0.39 is 0 Å². The highest BCUT2D eigenvalue weighted by Crippen LogP contribution is 2.26. The highest BCUT2D eigenvalue weighted by Gasteiger charge is 2.31. The molecule has 2 atom stereocenters. The molecule has 7 heteroatoms. The Kier molecular flexibility index (Phi) is 7.50. The van der Waals surface area contributed by atoms with Crippen LogP contribution < -0.4 is 10.6 Å². The van der Waals surface area contributed by atoms with Crippen molar-refractivity contribution in [2.75, 3.05) is 20.1 Å². The van der Waals surface area contributed by atoms with E-state index in [1.165, 1.54) is 12.1 Å². The highest BCUT2D eigenvalue weighted by molar-refractivity contribution is 14.0. The van der Waals surface area contributed by atoms with Crippen LogP contribution in [0, 0.1) is 18.7 Å². The number of guanidine groups is 1. The Morgan fingerprint density at radius 3 is 2.74 bits per heavy atom. The van der Waals surface area contributed by atoms with Crippen molar-refractivity contribution in [2.45, 2.75) is 46.3 Å². The average Bonchev–Trinajstić information content (AvgIpc) is 3.12. The molecule has 5 nitrogen and oxygen atoms in total. The van der Waals surface area contributed by atoms with Crippen molar-refractivity contribution in [3.8, 4) is 0 Å². The first-order chi connectivity index (χ1) is 12.4. The monoisotopic (exact) mass is 488 g/mol. The van der Waals surface area contributed by atoms with Crippen LogP contribution in [0.2, 0.25) is 0 Å². The Morgan fingerprint density at radius 1 is 1.37 bits per heavy atom. The fourth-order valence-corrected chi connectivity index (χ4v) is 3.56. The zero-order valence-electron chi connectivity index (χ0n) is 16.7. The van der Waals surface area contributed by atoms with Crippen LogP contribution in [0.1, 0.15) is 32.1 Å². The maximum Gasteiger partial charge on any atom is 0.191 e. The fraction of sp³-hybridized carbons (Fsp3) is 0.550. The fourth-order valence-electron chi connectivity index (χ4n) is 3.56. The van der Waals surface area contributed by atoms with E-state index in [0.717, 1.165) is 35.8 Å². The summed E-state index contributed by atoms with van der Waals surface area (Å²) in [6.07, 6.45) is 0. The van der Waals surface area contributed by atoms with Crippen LogP contribution in [0.3, 0.4) is 0 Å². The Morgan fingerprint density at radius 2 is 2.11 bits per heavy atom. The third-order valence-electron chi connectivity index (χ3n) is 5.33. The van der Waals surface area contributed by atoms with Gasteiger partial charge < -0.3 is 15.1 Å². The number of hydrogen-bond acceptors (Lipinski definition) is 3. The van der Waals surface area contributed by atoms with Gasteiger partial charge in [-0.05, 0) is 44.9 Å². The predicted molar refractivity (Wildman–Crippen MR) is 119 cm³/mol. The number of nitrogens with one attached hydrogen (secondary N) is 2. The smallest absolute Gasteiger partial charge is 0.191 e. The molecule has 3 rings (SSSR count). The lowest BCUT2D eigenvalue weighted by molar-refractivity contribution is 0.265. The third-order valence-corrected chi connectivity index (χ3v) is 5.33. The summed E-state index contributed by atoms with van der Waals surface area (Å²) in [6.45, 7) is 11.3. The average molecular weight is 488 g/mol. The van der Waals surface area contributed by atoms with Gasteiger partial charge in [0.1, 0.15) is 17.2 Å². The van der Waals surface area contributed by atoms with Crippen molar-refractivity contribution in [1.82, 2.24) is 15.5 Å². The van der Waals surface area contributed by atoms with E-state index in [1.807, 2.05) is 6.92 Å². The number of rotatable bonds is 4. The molecule has 1 aromatic carbocycles. The quantitative estimate of drug-likeness (QED) is 0.390. The minimum atomic E-state index is -0.247. The maximum atomic E-state index is 13.5. The minimum absolute atomic E-state index is 0. The Balaban J connectivity index is 0.00000261. The van der Waals surface area contributed by atoms with Crippen LogP contribution in [-0.4, -0.2) is 43.1 Å². The van der Waals surface area contributed by atoms with Gasteiger partial charge in [0.2, 0.25) is 0 Å². The molecule has 2 N–H and O–H groups in total. The van der Waals surface area contributed by atoms with E-state index in [4.69, 9.17) is 4.42 Å². The molecule has 1 fully saturated rings. The van der Waals surface area contributed by atoms with Gasteiger partial charge in [-0.25, -0.2) is 4.39 Å². The van der Waals surface area contributed by atoms with Gasteiger partial charge in [0.15, 0.2) is 5.96 Å². The number of halogens is 2. The molecule has 1 saturated heterocycles. The van der Waals surface area contributed by atoms with Crippen molar-refractivity contribution in [3.63, 3.8) is 0 Å². The molecule has 0 bridgehead atoms. The predicted octanol–water partition coefficient (Wildman–Crippen LogP) is 3.89. The van der Waals surface area contributed by atoms with Gasteiger partial charge in [-0.1, -0.05) is 6.92 Å². The van der Waals surface area contributed by atoms with Crippen LogP contribution in [0.4, 0.5) is 4.39 Å². The van der Waals surface area contributed by atoms with Gasteiger partial charge in [0.05, 0.1) is 6.54 Å². The molecule has 1 aliphatic heterocycles. The number of benzene rings is 1. The lowest BCUT2D eigenvalue weighted by Crippen LogP contribution is -2.46. The number of aliphatic imine (C=N–C) groups is 1. The first-order valence-electron chi connectivity index (χ1n) is 9.27. The van der Waals surface area contributed by atoms with Gasteiger partial charge in [-0.15, -0.1) is 24.0 Å². The molecular formula is C20H30FIN4O. The molecule has 0 radical (unpaired) electrons. The third kappa shape index (κ3) is 4.93. The normalized spacial score (nSPS) is 20.9. The standard InChI is InChI=1S/C20H29FN4O.HI/c1-12(2)25-10-13(3)17(11-25)24-20(22-5)23-9-19-14(4)16-8-15(21)6-7-18(16)26-19;/h6-8,12-13,17H,9-11H2,1-5H3,(H2,22,23,24);1H. The van der Waals surface area contributed by atoms with Crippen LogP contribution >= 0.6 is 24.0 Å². The second-order valence-corrected chi connectivity index (χ2v) is 7.49. The topological polar surface area (TPSA) is 52.8 Å². The van der Waals surface area contributed by atoms with E-state index in [-0.39, 0.29) is 29.8 Å². The van der Waals surface area contributed by atoms with Crippen LogP contribution in [0.15, 0.2) is 27.6 Å². The van der Waals surface area contributed by atoms with E-state index in [2.05, 4.69) is 41.3 Å². The van der Waals surface area contributed by atoms with Crippen molar-refractivity contribution < 1.29 is 8.81 Å². The number of nitrogens with zero attached hydrogens (tertiary/aromatic N) is 2. The summed E-state index contributed by atoms with van der Waals surface area (Å²) in [5, 5.41) is 7.68. The zero-order chi connectivity index (χ0) is 18.8. The van der Waals surface area contributed by atoms with E-state index >= 15 is 0 Å². The van der Waals surface area contributed by atoms with Crippen molar-refractivity contribution >= 4 is 40.9 Å². The largest absolute Gasteiger partial charge is 0.459 e. The van der Waals surface area contributed by atoms with Crippen molar-refractivity contribution in [2.24, 2.45) is 10.9 Å². The number of hydrogen-bond donors (Lipinski definition) is 2. The number of likely N-dealkylation sites (tertiary alicyclic amines) is 1. The molecule has 1 aliphatic rings. The first kappa shape index (κ1) is 21.9. The molecule has 0 spiro atoms. The molecule has 2 aromatic rings. The molecule has 2 unspecified atom stereocenters. The summed E-state index contributed by atoms with van der Waals surface area (Å²) in [7, 11) is 1.77. The molecule has 0 saturated carbocycles. The summed E-state index contributed by atoms with van der Waals surface area (Å²) in [5.74, 6) is 1.88. The van der Waals surface area contributed by atoms with Crippen molar-refractivity contribution in [1.29, 1.82) is 0 Å². The number of fused-ring (bicyclic) bond motifs is 1. The Hall–Kier alpha value is -1.35. The summed E-state index contributed by atoms with van der Waals surface area (Å²) in [6, 6.07) is 5.54. The van der Waals surface area contributed by atoms with E-state index in [1.54, 1.807) is 13.1 Å². The summed E-state index contributed by atoms with van der Waals surface area (Å²) >= 11 is 0. The second-order valence-electron chi connectivity index (χ2n) is 7.49. The minimum Gasteiger partial charge on any atom is -0.459 e. The summed E-state index contributed by atoms with van der Waals surface area (Å²) in [5.41, 5.74) is 1.67. The molecule has 1 aromatic heterocycles. The maximum absolute atomic E-state index is 13.5. The lowest BCUT2D eigenvalue weighted by atomic mass is 10.1. The van der Waals surface area contributed by atoms with Gasteiger partial charge in [-0.2, -0.15) is 0 Å². The molecule has 27 heavy (non-hydrogen) atoms. The Bertz CT molecular complexity index is 805. The molecular weight excluding hydrogens is 458 g/mol. The van der Waals surface area contributed by atoms with Gasteiger partial charge in [0, 0.05) is 43.2 Å². The molecule has 0 amide bonds. The first-order valence-corrected chi connectivity index (χ1v) is 9.27. The van der Waals surface area contributed by atoms with Crippen LogP contribution in [0.5, 0.6) is 0 Å². The van der Waals surface area contributed by atoms with Gasteiger partial charge in [-0.3, -0.25) is 9.89 Å². The highest BCUT2D eigenvalue weighted by atomic mass is 127. The SMILES string of the molecule is CN=C(NCc1oc2ccc(F)cc2c1C)NC1CN(C(C)C)CC1C.I. The van der Waals surface area contributed by atoms with Gasteiger partial charge >= 0.3 is 0 Å².